The van der Waals surface area contributed by atoms with Crippen molar-refractivity contribution in [2.24, 2.45) is 0 Å². The van der Waals surface area contributed by atoms with Gasteiger partial charge in [-0.25, -0.2) is 0 Å². The maximum absolute atomic E-state index is 13.4. The average Bonchev–Trinajstić information content (AvgIpc) is 3.08. The largest absolute Gasteiger partial charge is 0.507 e. The molecule has 1 saturated heterocycles. The number of aryl methyl sites for hydroxylation is 2. The molecule has 0 bridgehead atoms. The molecule has 7 heteroatoms. The lowest BCUT2D eigenvalue weighted by Crippen LogP contribution is -2.29. The summed E-state index contributed by atoms with van der Waals surface area (Å²) in [7, 11) is 3.02. The summed E-state index contributed by atoms with van der Waals surface area (Å²) in [5.74, 6) is -0.850. The number of halogens is 1. The Morgan fingerprint density at radius 3 is 2.31 bits per heavy atom. The summed E-state index contributed by atoms with van der Waals surface area (Å²) in [5.41, 5.74) is 3.54. The highest BCUT2D eigenvalue weighted by molar-refractivity contribution is 6.46. The van der Waals surface area contributed by atoms with E-state index in [1.165, 1.54) is 12.0 Å². The summed E-state index contributed by atoms with van der Waals surface area (Å²) in [6.45, 7) is 3.93. The van der Waals surface area contributed by atoms with Gasteiger partial charge < -0.3 is 19.5 Å². The molecule has 0 aliphatic carbocycles. The molecule has 4 rings (SSSR count). The van der Waals surface area contributed by atoms with E-state index in [-0.39, 0.29) is 29.2 Å². The third kappa shape index (κ3) is 4.62. The molecule has 0 saturated carbocycles. The molecule has 1 aliphatic rings. The van der Waals surface area contributed by atoms with Crippen molar-refractivity contribution in [1.29, 1.82) is 0 Å². The molecule has 0 spiro atoms. The number of methoxy groups -OCH3 is 2. The van der Waals surface area contributed by atoms with Crippen LogP contribution in [0.15, 0.2) is 66.2 Å². The van der Waals surface area contributed by atoms with Gasteiger partial charge in [0.1, 0.15) is 17.3 Å². The number of likely N-dealkylation sites (tertiary alicyclic amines) is 1. The normalized spacial score (nSPS) is 17.1. The molecular weight excluding hydrogens is 466 g/mol. The van der Waals surface area contributed by atoms with Crippen LogP contribution in [0.3, 0.4) is 0 Å². The molecule has 0 radical (unpaired) electrons. The van der Waals surface area contributed by atoms with Crippen molar-refractivity contribution < 1.29 is 24.2 Å². The molecule has 3 aromatic rings. The maximum atomic E-state index is 13.4. The summed E-state index contributed by atoms with van der Waals surface area (Å²) in [5, 5.41) is 11.7. The fraction of sp³-hybridized carbons (Fsp3) is 0.214. The monoisotopic (exact) mass is 491 g/mol. The van der Waals surface area contributed by atoms with Gasteiger partial charge in [0.25, 0.3) is 11.7 Å². The Kier molecular flexibility index (Phi) is 6.85. The molecule has 1 heterocycles. The van der Waals surface area contributed by atoms with Crippen LogP contribution in [0.1, 0.15) is 33.9 Å². The third-order valence-electron chi connectivity index (χ3n) is 6.06. The van der Waals surface area contributed by atoms with Crippen LogP contribution in [-0.2, 0) is 16.1 Å². The molecule has 1 amide bonds. The van der Waals surface area contributed by atoms with Gasteiger partial charge in [0.15, 0.2) is 0 Å². The first kappa shape index (κ1) is 24.4. The van der Waals surface area contributed by atoms with Gasteiger partial charge in [0.2, 0.25) is 0 Å². The van der Waals surface area contributed by atoms with E-state index in [4.69, 9.17) is 21.1 Å². The number of carbonyl (C=O) groups is 2. The number of amides is 1. The number of benzene rings is 3. The maximum Gasteiger partial charge on any atom is 0.295 e. The van der Waals surface area contributed by atoms with E-state index in [9.17, 15) is 14.7 Å². The number of ether oxygens (including phenoxy) is 2. The van der Waals surface area contributed by atoms with Crippen LogP contribution in [0, 0.1) is 13.8 Å². The Balaban J connectivity index is 1.90. The highest BCUT2D eigenvalue weighted by Gasteiger charge is 2.46. The summed E-state index contributed by atoms with van der Waals surface area (Å²) in [4.78, 5) is 28.1. The molecule has 1 fully saturated rings. The number of hydrogen-bond acceptors (Lipinski definition) is 5. The van der Waals surface area contributed by atoms with E-state index in [0.29, 0.717) is 10.8 Å². The van der Waals surface area contributed by atoms with Crippen molar-refractivity contribution in [3.05, 3.63) is 99.1 Å². The van der Waals surface area contributed by atoms with E-state index < -0.39 is 17.7 Å². The Hall–Kier alpha value is -3.77. The molecule has 1 N–H and O–H groups in total. The Labute approximate surface area is 209 Å². The first-order chi connectivity index (χ1) is 16.7. The molecule has 180 valence electrons. The highest BCUT2D eigenvalue weighted by atomic mass is 35.5. The predicted octanol–water partition coefficient (Wildman–Crippen LogP) is 5.60. The van der Waals surface area contributed by atoms with Crippen LogP contribution in [0.4, 0.5) is 0 Å². The van der Waals surface area contributed by atoms with Crippen molar-refractivity contribution in [3.8, 4) is 11.5 Å². The molecular formula is C28H26ClNO5. The first-order valence-corrected chi connectivity index (χ1v) is 11.4. The standard InChI is InChI=1S/C28H26ClNO5/c1-16-6-5-7-19(12-16)24-23(25(31)21-13-17(2)14-22(29)27(21)35-4)26(32)28(33)30(24)15-18-8-10-20(34-3)11-9-18/h5-14,24,31H,15H2,1-4H3/b25-23+. The van der Waals surface area contributed by atoms with Crippen LogP contribution in [-0.4, -0.2) is 35.9 Å². The van der Waals surface area contributed by atoms with Gasteiger partial charge in [-0.15, -0.1) is 0 Å². The smallest absolute Gasteiger partial charge is 0.295 e. The van der Waals surface area contributed by atoms with E-state index in [1.807, 2.05) is 50.2 Å². The quantitative estimate of drug-likeness (QED) is 0.276. The Morgan fingerprint density at radius 1 is 0.971 bits per heavy atom. The van der Waals surface area contributed by atoms with Gasteiger partial charge in [-0.05, 0) is 54.8 Å². The zero-order valence-electron chi connectivity index (χ0n) is 20.0. The number of nitrogens with zero attached hydrogens (tertiary/aromatic N) is 1. The van der Waals surface area contributed by atoms with Crippen LogP contribution in [0.2, 0.25) is 5.02 Å². The van der Waals surface area contributed by atoms with Crippen LogP contribution in [0.25, 0.3) is 5.76 Å². The number of rotatable bonds is 6. The second-order valence-corrected chi connectivity index (χ2v) is 8.92. The molecule has 3 aromatic carbocycles. The number of aliphatic hydroxyl groups is 1. The summed E-state index contributed by atoms with van der Waals surface area (Å²) < 4.78 is 10.7. The van der Waals surface area contributed by atoms with E-state index >= 15 is 0 Å². The fourth-order valence-corrected chi connectivity index (χ4v) is 4.77. The fourth-order valence-electron chi connectivity index (χ4n) is 4.41. The van der Waals surface area contributed by atoms with Crippen LogP contribution in [0.5, 0.6) is 11.5 Å². The number of hydrogen-bond donors (Lipinski definition) is 1. The zero-order valence-corrected chi connectivity index (χ0v) is 20.7. The minimum atomic E-state index is -0.791. The summed E-state index contributed by atoms with van der Waals surface area (Å²) in [6.07, 6.45) is 0. The number of ketones is 1. The zero-order chi connectivity index (χ0) is 25.3. The van der Waals surface area contributed by atoms with Crippen molar-refractivity contribution in [2.75, 3.05) is 14.2 Å². The van der Waals surface area contributed by atoms with E-state index in [2.05, 4.69) is 0 Å². The first-order valence-electron chi connectivity index (χ1n) is 11.1. The molecule has 0 aromatic heterocycles. The molecule has 1 atom stereocenters. The topological polar surface area (TPSA) is 76.1 Å². The lowest BCUT2D eigenvalue weighted by atomic mass is 9.93. The molecule has 1 aliphatic heterocycles. The highest BCUT2D eigenvalue weighted by Crippen LogP contribution is 2.43. The van der Waals surface area contributed by atoms with E-state index in [0.717, 1.165) is 22.3 Å². The van der Waals surface area contributed by atoms with Crippen LogP contribution < -0.4 is 9.47 Å². The van der Waals surface area contributed by atoms with E-state index in [1.54, 1.807) is 31.4 Å². The molecule has 6 nitrogen and oxygen atoms in total. The lowest BCUT2D eigenvalue weighted by molar-refractivity contribution is -0.140. The van der Waals surface area contributed by atoms with Crippen molar-refractivity contribution in [3.63, 3.8) is 0 Å². The van der Waals surface area contributed by atoms with Gasteiger partial charge in [0, 0.05) is 6.54 Å². The number of Topliss-reactive ketones (excluding diaryl/α,β-unsaturated/α-hetero) is 1. The van der Waals surface area contributed by atoms with Crippen molar-refractivity contribution >= 4 is 29.1 Å². The van der Waals surface area contributed by atoms with Gasteiger partial charge in [0.05, 0.1) is 36.4 Å². The SMILES string of the molecule is COc1ccc(CN2C(=O)C(=O)/C(=C(/O)c3cc(C)cc(Cl)c3OC)C2c2cccc(C)c2)cc1. The van der Waals surface area contributed by atoms with Gasteiger partial charge in [-0.2, -0.15) is 0 Å². The average molecular weight is 492 g/mol. The van der Waals surface area contributed by atoms with Crippen molar-refractivity contribution in [2.45, 2.75) is 26.4 Å². The van der Waals surface area contributed by atoms with Crippen molar-refractivity contribution in [1.82, 2.24) is 4.90 Å². The second kappa shape index (κ2) is 9.84. The predicted molar refractivity (Wildman–Crippen MR) is 135 cm³/mol. The number of aliphatic hydroxyl groups excluding tert-OH is 1. The minimum Gasteiger partial charge on any atom is -0.507 e. The second-order valence-electron chi connectivity index (χ2n) is 8.52. The van der Waals surface area contributed by atoms with Gasteiger partial charge in [-0.3, -0.25) is 9.59 Å². The Bertz CT molecular complexity index is 1330. The summed E-state index contributed by atoms with van der Waals surface area (Å²) >= 11 is 6.35. The van der Waals surface area contributed by atoms with Gasteiger partial charge in [-0.1, -0.05) is 53.6 Å². The minimum absolute atomic E-state index is 0.00548. The summed E-state index contributed by atoms with van der Waals surface area (Å²) in [6, 6.07) is 17.4. The van der Waals surface area contributed by atoms with Gasteiger partial charge >= 0.3 is 0 Å². The lowest BCUT2D eigenvalue weighted by Gasteiger charge is -2.26. The Morgan fingerprint density at radius 2 is 1.69 bits per heavy atom. The molecule has 1 unspecified atom stereocenters. The number of carbonyl (C=O) groups excluding carboxylic acids is 2. The molecule has 35 heavy (non-hydrogen) atoms. The van der Waals surface area contributed by atoms with Crippen LogP contribution >= 0.6 is 11.6 Å². The third-order valence-corrected chi connectivity index (χ3v) is 6.34.